The highest BCUT2D eigenvalue weighted by Crippen LogP contribution is 2.40. The normalized spacial score (nSPS) is 12.8. The van der Waals surface area contributed by atoms with Crippen LogP contribution in [0.5, 0.6) is 0 Å². The van der Waals surface area contributed by atoms with Crippen molar-refractivity contribution in [2.75, 3.05) is 0 Å². The summed E-state index contributed by atoms with van der Waals surface area (Å²) in [5, 5.41) is 0.286. The van der Waals surface area contributed by atoms with Gasteiger partial charge in [-0.25, -0.2) is 4.98 Å². The van der Waals surface area contributed by atoms with E-state index in [0.29, 0.717) is 0 Å². The van der Waals surface area contributed by atoms with Crippen LogP contribution in [0.3, 0.4) is 0 Å². The maximum absolute atomic E-state index is 4.18. The zero-order chi connectivity index (χ0) is 13.2. The maximum atomic E-state index is 4.18. The van der Waals surface area contributed by atoms with Gasteiger partial charge in [0, 0.05) is 17.1 Å². The average Bonchev–Trinajstić information content (AvgIpc) is 2.79. The Balaban J connectivity index is 0.00000180. The molecule has 2 nitrogen and oxygen atoms in total. The molecule has 104 valence electrons. The van der Waals surface area contributed by atoms with Gasteiger partial charge >= 0.3 is 0 Å². The summed E-state index contributed by atoms with van der Waals surface area (Å²) in [6, 6.07) is 8.57. The minimum Gasteiger partial charge on any atom is -0.321 e. The van der Waals surface area contributed by atoms with Gasteiger partial charge in [0.2, 0.25) is 0 Å². The molecule has 0 aliphatic carbocycles. The third kappa shape index (κ3) is 4.29. The summed E-state index contributed by atoms with van der Waals surface area (Å²) >= 11 is 1.95. The molecule has 0 spiro atoms. The Hall–Kier alpha value is -0.930. The van der Waals surface area contributed by atoms with Crippen molar-refractivity contribution in [1.29, 1.82) is 0 Å². The summed E-state index contributed by atoms with van der Waals surface area (Å²) in [4.78, 5) is 4.18. The van der Waals surface area contributed by atoms with Crippen molar-refractivity contribution < 1.29 is 0 Å². The Morgan fingerprint density at radius 2 is 1.89 bits per heavy atom. The standard InChI is InChI=1S/C15H20N2S.ClH/c1-12-7-5-6-8-13(12)14(18-15(2,3)4)17-10-9-16-11-17;/h5-11,14H,1-4H3;1H. The molecule has 0 N–H and O–H groups in total. The third-order valence-corrected chi connectivity index (χ3v) is 4.14. The SMILES string of the molecule is Cc1ccccc1C(SC(C)(C)C)n1ccnc1.Cl. The predicted octanol–water partition coefficient (Wildman–Crippen LogP) is 4.69. The zero-order valence-electron chi connectivity index (χ0n) is 11.8. The maximum Gasteiger partial charge on any atom is 0.106 e. The van der Waals surface area contributed by atoms with Crippen LogP contribution < -0.4 is 0 Å². The zero-order valence-corrected chi connectivity index (χ0v) is 13.5. The van der Waals surface area contributed by atoms with Crippen LogP contribution in [-0.2, 0) is 0 Å². The van der Waals surface area contributed by atoms with Gasteiger partial charge < -0.3 is 4.57 Å². The van der Waals surface area contributed by atoms with E-state index in [4.69, 9.17) is 0 Å². The lowest BCUT2D eigenvalue weighted by molar-refractivity contribution is 0.732. The van der Waals surface area contributed by atoms with Crippen LogP contribution in [0.4, 0.5) is 0 Å². The second-order valence-corrected chi connectivity index (χ2v) is 7.36. The molecule has 0 saturated heterocycles. The van der Waals surface area contributed by atoms with E-state index >= 15 is 0 Å². The minimum absolute atomic E-state index is 0. The first-order valence-corrected chi connectivity index (χ1v) is 7.06. The number of nitrogens with zero attached hydrogens (tertiary/aromatic N) is 2. The molecule has 2 rings (SSSR count). The lowest BCUT2D eigenvalue weighted by Crippen LogP contribution is -2.16. The Labute approximate surface area is 126 Å². The summed E-state index contributed by atoms with van der Waals surface area (Å²) in [5.74, 6) is 0. The second-order valence-electron chi connectivity index (χ2n) is 5.45. The van der Waals surface area contributed by atoms with Gasteiger partial charge in [-0.1, -0.05) is 45.0 Å². The number of rotatable bonds is 3. The molecule has 1 heterocycles. The summed E-state index contributed by atoms with van der Waals surface area (Å²) in [6.45, 7) is 8.92. The van der Waals surface area contributed by atoms with Gasteiger partial charge in [0.1, 0.15) is 5.37 Å². The highest BCUT2D eigenvalue weighted by Gasteiger charge is 2.22. The molecule has 0 amide bonds. The minimum atomic E-state index is 0. The Kier molecular flexibility index (Phi) is 5.50. The first-order valence-electron chi connectivity index (χ1n) is 6.18. The monoisotopic (exact) mass is 296 g/mol. The molecule has 1 aromatic carbocycles. The number of benzene rings is 1. The Morgan fingerprint density at radius 1 is 1.21 bits per heavy atom. The Morgan fingerprint density at radius 3 is 2.42 bits per heavy atom. The molecule has 19 heavy (non-hydrogen) atoms. The van der Waals surface area contributed by atoms with Crippen molar-refractivity contribution in [2.24, 2.45) is 0 Å². The smallest absolute Gasteiger partial charge is 0.106 e. The lowest BCUT2D eigenvalue weighted by atomic mass is 10.1. The lowest BCUT2D eigenvalue weighted by Gasteiger charge is -2.28. The molecular formula is C15H21ClN2S. The van der Waals surface area contributed by atoms with E-state index in [1.54, 1.807) is 0 Å². The van der Waals surface area contributed by atoms with Crippen LogP contribution in [0.25, 0.3) is 0 Å². The van der Waals surface area contributed by atoms with Gasteiger partial charge in [-0.15, -0.1) is 24.2 Å². The number of hydrogen-bond acceptors (Lipinski definition) is 2. The van der Waals surface area contributed by atoms with Gasteiger partial charge in [-0.2, -0.15) is 0 Å². The van der Waals surface area contributed by atoms with Crippen molar-refractivity contribution in [3.05, 3.63) is 54.1 Å². The van der Waals surface area contributed by atoms with Gasteiger partial charge in [0.15, 0.2) is 0 Å². The molecule has 1 aromatic heterocycles. The number of aromatic nitrogens is 2. The van der Waals surface area contributed by atoms with Crippen LogP contribution in [-0.4, -0.2) is 14.3 Å². The number of aryl methyl sites for hydroxylation is 1. The third-order valence-electron chi connectivity index (χ3n) is 2.72. The molecule has 0 radical (unpaired) electrons. The quantitative estimate of drug-likeness (QED) is 0.817. The average molecular weight is 297 g/mol. The van der Waals surface area contributed by atoms with Crippen molar-refractivity contribution >= 4 is 24.2 Å². The van der Waals surface area contributed by atoms with E-state index in [2.05, 4.69) is 61.5 Å². The summed E-state index contributed by atoms with van der Waals surface area (Å²) in [7, 11) is 0. The molecular weight excluding hydrogens is 276 g/mol. The number of hydrogen-bond donors (Lipinski definition) is 0. The van der Waals surface area contributed by atoms with E-state index in [1.165, 1.54) is 11.1 Å². The fourth-order valence-electron chi connectivity index (χ4n) is 1.89. The molecule has 1 unspecified atom stereocenters. The predicted molar refractivity (Wildman–Crippen MR) is 86.1 cm³/mol. The van der Waals surface area contributed by atoms with Crippen molar-refractivity contribution in [3.63, 3.8) is 0 Å². The van der Waals surface area contributed by atoms with Crippen LogP contribution in [0.15, 0.2) is 43.0 Å². The van der Waals surface area contributed by atoms with Crippen LogP contribution >= 0.6 is 24.2 Å². The van der Waals surface area contributed by atoms with Gasteiger partial charge in [0.25, 0.3) is 0 Å². The number of thioether (sulfide) groups is 1. The first-order chi connectivity index (χ1) is 8.47. The highest BCUT2D eigenvalue weighted by molar-refractivity contribution is 8.00. The van der Waals surface area contributed by atoms with Crippen molar-refractivity contribution in [3.8, 4) is 0 Å². The fourth-order valence-corrected chi connectivity index (χ4v) is 3.20. The Bertz CT molecular complexity index is 503. The van der Waals surface area contributed by atoms with Gasteiger partial charge in [-0.3, -0.25) is 0 Å². The molecule has 1 atom stereocenters. The summed E-state index contributed by atoms with van der Waals surface area (Å²) in [6.07, 6.45) is 5.78. The molecule has 0 saturated carbocycles. The van der Waals surface area contributed by atoms with E-state index in [9.17, 15) is 0 Å². The second kappa shape index (κ2) is 6.49. The van der Waals surface area contributed by atoms with E-state index < -0.39 is 0 Å². The summed E-state index contributed by atoms with van der Waals surface area (Å²) in [5.41, 5.74) is 2.68. The van der Waals surface area contributed by atoms with Crippen LogP contribution in [0.2, 0.25) is 0 Å². The first kappa shape index (κ1) is 16.1. The molecule has 4 heteroatoms. The topological polar surface area (TPSA) is 17.8 Å². The van der Waals surface area contributed by atoms with Crippen LogP contribution in [0.1, 0.15) is 37.3 Å². The largest absolute Gasteiger partial charge is 0.321 e. The van der Waals surface area contributed by atoms with Crippen molar-refractivity contribution in [1.82, 2.24) is 9.55 Å². The van der Waals surface area contributed by atoms with E-state index in [0.717, 1.165) is 0 Å². The number of imidazole rings is 1. The molecule has 2 aromatic rings. The molecule has 0 aliphatic rings. The van der Waals surface area contributed by atoms with E-state index in [-0.39, 0.29) is 22.5 Å². The van der Waals surface area contributed by atoms with Gasteiger partial charge in [-0.05, 0) is 18.1 Å². The summed E-state index contributed by atoms with van der Waals surface area (Å²) < 4.78 is 2.38. The van der Waals surface area contributed by atoms with Crippen LogP contribution in [0, 0.1) is 6.92 Å². The number of halogens is 1. The fraction of sp³-hybridized carbons (Fsp3) is 0.400. The van der Waals surface area contributed by atoms with E-state index in [1.807, 2.05) is 30.5 Å². The van der Waals surface area contributed by atoms with Crippen molar-refractivity contribution in [2.45, 2.75) is 37.8 Å². The molecule has 0 fully saturated rings. The molecule has 0 bridgehead atoms. The molecule has 0 aliphatic heterocycles. The highest BCUT2D eigenvalue weighted by atomic mass is 35.5. The van der Waals surface area contributed by atoms with Gasteiger partial charge in [0.05, 0.1) is 6.33 Å².